The van der Waals surface area contributed by atoms with Crippen LogP contribution in [0.25, 0.3) is 0 Å². The Hall–Kier alpha value is -1.76. The second kappa shape index (κ2) is 9.52. The van der Waals surface area contributed by atoms with Crippen molar-refractivity contribution in [3.8, 4) is 0 Å². The van der Waals surface area contributed by atoms with Crippen molar-refractivity contribution in [3.63, 3.8) is 0 Å². The van der Waals surface area contributed by atoms with Crippen LogP contribution in [0.15, 0.2) is 41.7 Å². The molecule has 0 amide bonds. The number of nitrogens with zero attached hydrogens (tertiary/aromatic N) is 3. The van der Waals surface area contributed by atoms with Gasteiger partial charge in [0.05, 0.1) is 19.2 Å². The molecule has 6 nitrogen and oxygen atoms in total. The zero-order valence-corrected chi connectivity index (χ0v) is 14.9. The summed E-state index contributed by atoms with van der Waals surface area (Å²) in [5.41, 5.74) is 0.642. The molecule has 24 heavy (non-hydrogen) atoms. The van der Waals surface area contributed by atoms with Crippen molar-refractivity contribution < 1.29 is 5.11 Å². The zero-order chi connectivity index (χ0) is 17.4. The van der Waals surface area contributed by atoms with Gasteiger partial charge in [0.2, 0.25) is 0 Å². The van der Waals surface area contributed by atoms with Gasteiger partial charge in [-0.15, -0.1) is 0 Å². The molecule has 0 aliphatic rings. The van der Waals surface area contributed by atoms with E-state index in [9.17, 15) is 5.11 Å². The number of aliphatic hydroxyl groups excluding tert-OH is 1. The highest BCUT2D eigenvalue weighted by Crippen LogP contribution is 2.23. The van der Waals surface area contributed by atoms with Crippen LogP contribution in [-0.4, -0.2) is 40.5 Å². The van der Waals surface area contributed by atoms with Gasteiger partial charge < -0.3 is 15.7 Å². The number of rotatable bonds is 7. The van der Waals surface area contributed by atoms with Crippen LogP contribution in [0.2, 0.25) is 10.0 Å². The van der Waals surface area contributed by atoms with Crippen molar-refractivity contribution in [2.75, 3.05) is 19.6 Å². The number of hydrogen-bond acceptors (Lipinski definition) is 3. The fraction of sp³-hybridized carbons (Fsp3) is 0.375. The molecule has 1 aromatic heterocycles. The highest BCUT2D eigenvalue weighted by molar-refractivity contribution is 6.34. The Labute approximate surface area is 151 Å². The molecule has 0 fully saturated rings. The number of guanidine groups is 1. The van der Waals surface area contributed by atoms with Gasteiger partial charge in [-0.1, -0.05) is 23.2 Å². The maximum absolute atomic E-state index is 10.3. The van der Waals surface area contributed by atoms with E-state index in [1.807, 2.05) is 23.9 Å². The van der Waals surface area contributed by atoms with Gasteiger partial charge in [-0.3, -0.25) is 9.67 Å². The molecule has 0 aliphatic carbocycles. The van der Waals surface area contributed by atoms with E-state index in [0.29, 0.717) is 28.1 Å². The first-order chi connectivity index (χ1) is 11.6. The van der Waals surface area contributed by atoms with Crippen molar-refractivity contribution in [1.29, 1.82) is 0 Å². The number of aliphatic hydroxyl groups is 1. The molecule has 0 saturated heterocycles. The molecule has 0 saturated carbocycles. The van der Waals surface area contributed by atoms with Crippen molar-refractivity contribution in [3.05, 3.63) is 52.3 Å². The van der Waals surface area contributed by atoms with E-state index in [0.717, 1.165) is 13.1 Å². The number of halogens is 2. The number of aromatic nitrogens is 2. The average molecular weight is 370 g/mol. The van der Waals surface area contributed by atoms with Crippen LogP contribution in [0, 0.1) is 0 Å². The molecule has 130 valence electrons. The summed E-state index contributed by atoms with van der Waals surface area (Å²) >= 11 is 11.9. The van der Waals surface area contributed by atoms with Gasteiger partial charge >= 0.3 is 0 Å². The number of nitrogens with one attached hydrogen (secondary N) is 2. The maximum Gasteiger partial charge on any atom is 0.191 e. The molecular weight excluding hydrogens is 349 g/mol. The molecule has 1 unspecified atom stereocenters. The smallest absolute Gasteiger partial charge is 0.191 e. The van der Waals surface area contributed by atoms with Crippen molar-refractivity contribution in [2.24, 2.45) is 4.99 Å². The summed E-state index contributed by atoms with van der Waals surface area (Å²) in [6.45, 7) is 4.31. The lowest BCUT2D eigenvalue weighted by molar-refractivity contribution is 0.187. The molecule has 0 bridgehead atoms. The van der Waals surface area contributed by atoms with E-state index >= 15 is 0 Å². The van der Waals surface area contributed by atoms with E-state index in [1.165, 1.54) is 0 Å². The molecule has 0 radical (unpaired) electrons. The minimum absolute atomic E-state index is 0.202. The van der Waals surface area contributed by atoms with Gasteiger partial charge in [-0.05, 0) is 36.8 Å². The summed E-state index contributed by atoms with van der Waals surface area (Å²) in [6, 6.07) is 6.88. The summed E-state index contributed by atoms with van der Waals surface area (Å²) in [5, 5.41) is 21.7. The molecule has 8 heteroatoms. The molecule has 2 aromatic rings. The third-order valence-electron chi connectivity index (χ3n) is 3.23. The fourth-order valence-electron chi connectivity index (χ4n) is 2.11. The monoisotopic (exact) mass is 369 g/mol. The molecule has 1 heterocycles. The average Bonchev–Trinajstić information content (AvgIpc) is 3.04. The zero-order valence-electron chi connectivity index (χ0n) is 13.4. The van der Waals surface area contributed by atoms with Gasteiger partial charge in [-0.2, -0.15) is 5.10 Å². The number of aliphatic imine (C=N–C) groups is 1. The van der Waals surface area contributed by atoms with Gasteiger partial charge in [0, 0.05) is 35.5 Å². The molecule has 0 aliphatic heterocycles. The Morgan fingerprint density at radius 2 is 2.04 bits per heavy atom. The summed E-state index contributed by atoms with van der Waals surface area (Å²) in [6.07, 6.45) is 2.87. The normalized spacial score (nSPS) is 12.9. The SMILES string of the molecule is CCNC(=NCC(O)c1cc(Cl)cc(Cl)c1)NCCn1cccn1. The van der Waals surface area contributed by atoms with Crippen LogP contribution in [0.1, 0.15) is 18.6 Å². The van der Waals surface area contributed by atoms with E-state index in [4.69, 9.17) is 23.2 Å². The lowest BCUT2D eigenvalue weighted by Crippen LogP contribution is -2.39. The summed E-state index contributed by atoms with van der Waals surface area (Å²) in [4.78, 5) is 4.40. The molecule has 3 N–H and O–H groups in total. The predicted octanol–water partition coefficient (Wildman–Crippen LogP) is 2.48. The van der Waals surface area contributed by atoms with E-state index in [2.05, 4.69) is 20.7 Å². The van der Waals surface area contributed by atoms with E-state index < -0.39 is 6.10 Å². The molecule has 2 rings (SSSR count). The van der Waals surface area contributed by atoms with Gasteiger partial charge in [0.1, 0.15) is 0 Å². The first-order valence-corrected chi connectivity index (χ1v) is 8.47. The molecular formula is C16H21Cl2N5O. The quantitative estimate of drug-likeness (QED) is 0.517. The van der Waals surface area contributed by atoms with Gasteiger partial charge in [0.25, 0.3) is 0 Å². The lowest BCUT2D eigenvalue weighted by Gasteiger charge is -2.14. The van der Waals surface area contributed by atoms with E-state index in [1.54, 1.807) is 24.4 Å². The highest BCUT2D eigenvalue weighted by Gasteiger charge is 2.09. The third-order valence-corrected chi connectivity index (χ3v) is 3.67. The first kappa shape index (κ1) is 18.6. The van der Waals surface area contributed by atoms with Crippen LogP contribution >= 0.6 is 23.2 Å². The minimum Gasteiger partial charge on any atom is -0.386 e. The van der Waals surface area contributed by atoms with Crippen LogP contribution < -0.4 is 10.6 Å². The van der Waals surface area contributed by atoms with Gasteiger partial charge in [0.15, 0.2) is 5.96 Å². The van der Waals surface area contributed by atoms with Crippen molar-refractivity contribution >= 4 is 29.2 Å². The Bertz CT molecular complexity index is 640. The van der Waals surface area contributed by atoms with Crippen molar-refractivity contribution in [1.82, 2.24) is 20.4 Å². The predicted molar refractivity (Wildman–Crippen MR) is 97.6 cm³/mol. The molecule has 0 spiro atoms. The second-order valence-electron chi connectivity index (χ2n) is 5.13. The van der Waals surface area contributed by atoms with Crippen LogP contribution in [0.4, 0.5) is 0 Å². The molecule has 1 aromatic carbocycles. The largest absolute Gasteiger partial charge is 0.386 e. The lowest BCUT2D eigenvalue weighted by atomic mass is 10.1. The maximum atomic E-state index is 10.3. The van der Waals surface area contributed by atoms with Crippen LogP contribution in [0.3, 0.4) is 0 Å². The van der Waals surface area contributed by atoms with Crippen LogP contribution in [-0.2, 0) is 6.54 Å². The Kier molecular flexibility index (Phi) is 7.36. The van der Waals surface area contributed by atoms with E-state index in [-0.39, 0.29) is 6.54 Å². The fourth-order valence-corrected chi connectivity index (χ4v) is 2.66. The Balaban J connectivity index is 1.91. The van der Waals surface area contributed by atoms with Crippen LogP contribution in [0.5, 0.6) is 0 Å². The molecule has 1 atom stereocenters. The Morgan fingerprint density at radius 1 is 1.29 bits per heavy atom. The van der Waals surface area contributed by atoms with Gasteiger partial charge in [-0.25, -0.2) is 0 Å². The third kappa shape index (κ3) is 6.03. The van der Waals surface area contributed by atoms with Crippen molar-refractivity contribution in [2.45, 2.75) is 19.6 Å². The summed E-state index contributed by atoms with van der Waals surface area (Å²) < 4.78 is 1.83. The standard InChI is InChI=1S/C16H21Cl2N5O/c1-2-19-16(20-5-7-23-6-3-4-22-23)21-11-15(24)12-8-13(17)10-14(18)9-12/h3-4,6,8-10,15,24H,2,5,7,11H2,1H3,(H2,19,20,21). The summed E-state index contributed by atoms with van der Waals surface area (Å²) in [7, 11) is 0. The topological polar surface area (TPSA) is 74.5 Å². The summed E-state index contributed by atoms with van der Waals surface area (Å²) in [5.74, 6) is 0.636. The number of hydrogen-bond donors (Lipinski definition) is 3. The minimum atomic E-state index is -0.775. The number of benzene rings is 1. The highest BCUT2D eigenvalue weighted by atomic mass is 35.5. The first-order valence-electron chi connectivity index (χ1n) is 7.72. The Morgan fingerprint density at radius 3 is 2.67 bits per heavy atom. The second-order valence-corrected chi connectivity index (χ2v) is 6.01.